The molecule has 1 N–H and O–H groups in total. The highest BCUT2D eigenvalue weighted by Gasteiger charge is 2.33. The molecule has 4 aromatic rings. The van der Waals surface area contributed by atoms with E-state index in [9.17, 15) is 23.2 Å². The van der Waals surface area contributed by atoms with E-state index >= 15 is 0 Å². The van der Waals surface area contributed by atoms with Crippen LogP contribution in [0.3, 0.4) is 0 Å². The number of halogens is 4. The number of hydrogen-bond donors (Lipinski definition) is 1. The number of para-hydroxylation sites is 1. The van der Waals surface area contributed by atoms with Gasteiger partial charge in [0.05, 0.1) is 22.5 Å². The summed E-state index contributed by atoms with van der Waals surface area (Å²) in [6.07, 6.45) is -3.38. The lowest BCUT2D eigenvalue weighted by Crippen LogP contribution is -2.08. The van der Waals surface area contributed by atoms with E-state index in [0.29, 0.717) is 16.7 Å². The van der Waals surface area contributed by atoms with E-state index in [4.69, 9.17) is 4.42 Å². The normalized spacial score (nSPS) is 12.0. The fourth-order valence-corrected chi connectivity index (χ4v) is 4.11. The molecular weight excluding hydrogens is 507 g/mol. The minimum atomic E-state index is -4.54. The van der Waals surface area contributed by atoms with Crippen LogP contribution in [0.15, 0.2) is 73.8 Å². The van der Waals surface area contributed by atoms with Gasteiger partial charge in [-0.3, -0.25) is 0 Å². The minimum Gasteiger partial charge on any atom is -0.422 e. The summed E-state index contributed by atoms with van der Waals surface area (Å²) in [6.45, 7) is 0. The predicted molar refractivity (Wildman–Crippen MR) is 120 cm³/mol. The number of alkyl halides is 3. The summed E-state index contributed by atoms with van der Waals surface area (Å²) in [7, 11) is 0. The second kappa shape index (κ2) is 8.61. The molecule has 32 heavy (non-hydrogen) atoms. The van der Waals surface area contributed by atoms with Crippen molar-refractivity contribution >= 4 is 49.5 Å². The number of hydrogen-bond acceptors (Lipinski definition) is 6. The number of fused-ring (bicyclic) bond motifs is 1. The van der Waals surface area contributed by atoms with E-state index in [1.807, 2.05) is 6.07 Å². The van der Waals surface area contributed by atoms with Gasteiger partial charge in [0.25, 0.3) is 0 Å². The smallest absolute Gasteiger partial charge is 0.418 e. The standard InChI is InChI=1S/C22H11BrF3N3O2S/c23-14-5-6-19-12(7-14)8-15(21(30)31-19)18-11-32-20(29-18)13(9-27)10-28-17-4-2-1-3-16(17)22(24,25)26/h1-8,10-11,28H. The predicted octanol–water partition coefficient (Wildman–Crippen LogP) is 6.67. The first-order chi connectivity index (χ1) is 15.3. The number of nitriles is 1. The number of nitrogens with one attached hydrogen (secondary N) is 1. The number of rotatable bonds is 4. The van der Waals surface area contributed by atoms with Crippen LogP contribution in [-0.4, -0.2) is 4.98 Å². The molecule has 0 saturated carbocycles. The Balaban J connectivity index is 1.67. The molecule has 0 atom stereocenters. The van der Waals surface area contributed by atoms with Gasteiger partial charge in [-0.1, -0.05) is 28.1 Å². The van der Waals surface area contributed by atoms with E-state index < -0.39 is 17.4 Å². The van der Waals surface area contributed by atoms with Gasteiger partial charge < -0.3 is 9.73 Å². The zero-order chi connectivity index (χ0) is 22.9. The Morgan fingerprint density at radius 2 is 2.00 bits per heavy atom. The van der Waals surface area contributed by atoms with Crippen LogP contribution in [0.2, 0.25) is 0 Å². The van der Waals surface area contributed by atoms with Crippen molar-refractivity contribution in [1.82, 2.24) is 4.98 Å². The third-order valence-corrected chi connectivity index (χ3v) is 5.80. The first-order valence-electron chi connectivity index (χ1n) is 8.99. The molecule has 0 aliphatic carbocycles. The van der Waals surface area contributed by atoms with Gasteiger partial charge in [-0.25, -0.2) is 9.78 Å². The van der Waals surface area contributed by atoms with Crippen LogP contribution in [0.25, 0.3) is 27.8 Å². The molecule has 0 aliphatic rings. The Bertz CT molecular complexity index is 1450. The van der Waals surface area contributed by atoms with Gasteiger partial charge in [0.15, 0.2) is 0 Å². The lowest BCUT2D eigenvalue weighted by atomic mass is 10.1. The van der Waals surface area contributed by atoms with Gasteiger partial charge in [0.1, 0.15) is 22.2 Å². The molecule has 0 unspecified atom stereocenters. The molecule has 0 aliphatic heterocycles. The van der Waals surface area contributed by atoms with Crippen LogP contribution in [-0.2, 0) is 6.18 Å². The van der Waals surface area contributed by atoms with E-state index in [1.54, 1.807) is 29.6 Å². The summed E-state index contributed by atoms with van der Waals surface area (Å²) < 4.78 is 45.6. The molecule has 4 rings (SSSR count). The molecule has 0 radical (unpaired) electrons. The van der Waals surface area contributed by atoms with Crippen molar-refractivity contribution in [3.05, 3.63) is 85.6 Å². The van der Waals surface area contributed by atoms with Crippen molar-refractivity contribution in [1.29, 1.82) is 5.26 Å². The molecule has 0 bridgehead atoms. The Labute approximate surface area is 191 Å². The van der Waals surface area contributed by atoms with Crippen molar-refractivity contribution in [3.8, 4) is 17.3 Å². The van der Waals surface area contributed by atoms with Gasteiger partial charge in [0, 0.05) is 21.4 Å². The maximum Gasteiger partial charge on any atom is 0.418 e. The number of nitrogens with zero attached hydrogens (tertiary/aromatic N) is 2. The second-order valence-corrected chi connectivity index (χ2v) is 8.30. The van der Waals surface area contributed by atoms with Gasteiger partial charge in [-0.05, 0) is 36.4 Å². The lowest BCUT2D eigenvalue weighted by molar-refractivity contribution is -0.136. The average molecular weight is 518 g/mol. The van der Waals surface area contributed by atoms with Crippen molar-refractivity contribution < 1.29 is 17.6 Å². The molecule has 10 heteroatoms. The summed E-state index contributed by atoms with van der Waals surface area (Å²) in [5.41, 5.74) is -0.674. The topological polar surface area (TPSA) is 78.9 Å². The molecule has 0 amide bonds. The quantitative estimate of drug-likeness (QED) is 0.241. The SMILES string of the molecule is N#CC(=CNc1ccccc1C(F)(F)F)c1nc(-c2cc3cc(Br)ccc3oc2=O)cs1. The molecule has 0 fully saturated rings. The van der Waals surface area contributed by atoms with Crippen LogP contribution in [0.5, 0.6) is 0 Å². The highest BCUT2D eigenvalue weighted by Crippen LogP contribution is 2.35. The molecule has 2 heterocycles. The largest absolute Gasteiger partial charge is 0.422 e. The Kier molecular flexibility index (Phi) is 5.86. The first-order valence-corrected chi connectivity index (χ1v) is 10.7. The zero-order valence-corrected chi connectivity index (χ0v) is 18.3. The van der Waals surface area contributed by atoms with Gasteiger partial charge in [-0.15, -0.1) is 11.3 Å². The lowest BCUT2D eigenvalue weighted by Gasteiger charge is -2.12. The van der Waals surface area contributed by atoms with Crippen LogP contribution >= 0.6 is 27.3 Å². The Hall–Kier alpha value is -3.42. The summed E-state index contributed by atoms with van der Waals surface area (Å²) in [5, 5.41) is 14.5. The van der Waals surface area contributed by atoms with Crippen molar-refractivity contribution in [2.24, 2.45) is 0 Å². The molecule has 2 aromatic carbocycles. The summed E-state index contributed by atoms with van der Waals surface area (Å²) >= 11 is 4.45. The number of benzene rings is 2. The molecule has 2 aromatic heterocycles. The fraction of sp³-hybridized carbons (Fsp3) is 0.0455. The molecule has 0 saturated heterocycles. The third kappa shape index (κ3) is 4.44. The molecular formula is C22H11BrF3N3O2S. The molecule has 160 valence electrons. The van der Waals surface area contributed by atoms with E-state index in [-0.39, 0.29) is 21.8 Å². The zero-order valence-electron chi connectivity index (χ0n) is 15.9. The first kappa shape index (κ1) is 21.8. The maximum atomic E-state index is 13.2. The van der Waals surface area contributed by atoms with Crippen LogP contribution in [0, 0.1) is 11.3 Å². The van der Waals surface area contributed by atoms with Crippen LogP contribution in [0.4, 0.5) is 18.9 Å². The number of aromatic nitrogens is 1. The van der Waals surface area contributed by atoms with Gasteiger partial charge >= 0.3 is 11.8 Å². The van der Waals surface area contributed by atoms with E-state index in [0.717, 1.165) is 28.1 Å². The van der Waals surface area contributed by atoms with Crippen molar-refractivity contribution in [3.63, 3.8) is 0 Å². The summed E-state index contributed by atoms with van der Waals surface area (Å²) in [6, 6.07) is 13.7. The highest BCUT2D eigenvalue weighted by atomic mass is 79.9. The number of anilines is 1. The van der Waals surface area contributed by atoms with Crippen molar-refractivity contribution in [2.75, 3.05) is 5.32 Å². The Morgan fingerprint density at radius 1 is 1.22 bits per heavy atom. The van der Waals surface area contributed by atoms with Crippen LogP contribution < -0.4 is 10.9 Å². The van der Waals surface area contributed by atoms with Gasteiger partial charge in [0.2, 0.25) is 0 Å². The van der Waals surface area contributed by atoms with Gasteiger partial charge in [-0.2, -0.15) is 18.4 Å². The Morgan fingerprint density at radius 3 is 2.75 bits per heavy atom. The third-order valence-electron chi connectivity index (χ3n) is 4.43. The molecule has 5 nitrogen and oxygen atoms in total. The summed E-state index contributed by atoms with van der Waals surface area (Å²) in [4.78, 5) is 16.7. The maximum absolute atomic E-state index is 13.2. The fourth-order valence-electron chi connectivity index (χ4n) is 2.94. The average Bonchev–Trinajstić information content (AvgIpc) is 3.23. The summed E-state index contributed by atoms with van der Waals surface area (Å²) in [5.74, 6) is 0. The van der Waals surface area contributed by atoms with Crippen LogP contribution in [0.1, 0.15) is 10.6 Å². The number of thiazole rings is 1. The van der Waals surface area contributed by atoms with Crippen molar-refractivity contribution in [2.45, 2.75) is 6.18 Å². The van der Waals surface area contributed by atoms with E-state index in [2.05, 4.69) is 26.2 Å². The molecule has 0 spiro atoms. The minimum absolute atomic E-state index is 0.0196. The highest BCUT2D eigenvalue weighted by molar-refractivity contribution is 9.10. The second-order valence-electron chi connectivity index (χ2n) is 6.53. The number of allylic oxidation sites excluding steroid dienone is 1. The monoisotopic (exact) mass is 517 g/mol. The van der Waals surface area contributed by atoms with E-state index in [1.165, 1.54) is 18.2 Å².